The van der Waals surface area contributed by atoms with E-state index in [4.69, 9.17) is 16.3 Å². The Labute approximate surface area is 136 Å². The summed E-state index contributed by atoms with van der Waals surface area (Å²) in [5, 5.41) is 31.4. The van der Waals surface area contributed by atoms with Crippen molar-refractivity contribution >= 4 is 5.82 Å². The molecule has 6 nitrogen and oxygen atoms in total. The Bertz CT molecular complexity index is 618. The Balaban J connectivity index is 2.23. The lowest BCUT2D eigenvalue weighted by molar-refractivity contribution is -0.152. The van der Waals surface area contributed by atoms with E-state index in [0.29, 0.717) is 0 Å². The first-order valence-corrected chi connectivity index (χ1v) is 7.13. The summed E-state index contributed by atoms with van der Waals surface area (Å²) < 4.78 is 44.0. The molecule has 0 saturated carbocycles. The fraction of sp³-hybridized carbons (Fsp3) is 0.533. The smallest absolute Gasteiger partial charge is 0.394 e. The molecule has 0 aliphatic carbocycles. The number of nitrogens with one attached hydrogen (secondary N) is 1. The molecule has 2 rings (SSSR count). The van der Waals surface area contributed by atoms with Gasteiger partial charge in [0, 0.05) is 0 Å². The van der Waals surface area contributed by atoms with Gasteiger partial charge in [-0.1, -0.05) is 0 Å². The number of rotatable bonds is 4. The van der Waals surface area contributed by atoms with Crippen LogP contribution in [0.1, 0.15) is 11.3 Å². The Kier molecular flexibility index (Phi) is 5.66. The summed E-state index contributed by atoms with van der Waals surface area (Å²) >= 11 is 0. The lowest BCUT2D eigenvalue weighted by Gasteiger charge is -2.37. The molecule has 1 aromatic rings. The average Bonchev–Trinajstić information content (AvgIpc) is 2.51. The number of halogens is 3. The van der Waals surface area contributed by atoms with Crippen molar-refractivity contribution in [3.05, 3.63) is 23.4 Å². The molecule has 0 unspecified atom stereocenters. The van der Waals surface area contributed by atoms with Crippen molar-refractivity contribution < 1.29 is 33.2 Å². The number of aromatic nitrogens is 1. The van der Waals surface area contributed by atoms with Gasteiger partial charge >= 0.3 is 6.18 Å². The minimum atomic E-state index is -4.58. The molecule has 4 atom stereocenters. The molecule has 0 spiro atoms. The predicted octanol–water partition coefficient (Wildman–Crippen LogP) is 0.169. The van der Waals surface area contributed by atoms with Crippen LogP contribution in [-0.2, 0) is 17.3 Å². The molecule has 132 valence electrons. The zero-order valence-corrected chi connectivity index (χ0v) is 12.5. The summed E-state index contributed by atoms with van der Waals surface area (Å²) in [4.78, 5) is 3.98. The van der Waals surface area contributed by atoms with E-state index in [1.165, 1.54) is 0 Å². The van der Waals surface area contributed by atoms with E-state index >= 15 is 0 Å². The van der Waals surface area contributed by atoms with Gasteiger partial charge in [-0.25, -0.2) is 4.98 Å². The van der Waals surface area contributed by atoms with Crippen molar-refractivity contribution in [1.29, 1.82) is 0 Å². The van der Waals surface area contributed by atoms with Gasteiger partial charge in [0.15, 0.2) is 0 Å². The van der Waals surface area contributed by atoms with Gasteiger partial charge in [0.05, 0.1) is 36.9 Å². The molecule has 1 aromatic heterocycles. The first-order valence-electron chi connectivity index (χ1n) is 7.13. The summed E-state index contributed by atoms with van der Waals surface area (Å²) in [5.74, 6) is 2.08. The van der Waals surface area contributed by atoms with Crippen LogP contribution in [0.2, 0.25) is 0 Å². The summed E-state index contributed by atoms with van der Waals surface area (Å²) in [6.45, 7) is -0.606. The number of aliphatic hydroxyl groups excluding tert-OH is 3. The van der Waals surface area contributed by atoms with Crippen LogP contribution < -0.4 is 5.32 Å². The van der Waals surface area contributed by atoms with Crippen LogP contribution >= 0.6 is 0 Å². The Morgan fingerprint density at radius 3 is 2.62 bits per heavy atom. The van der Waals surface area contributed by atoms with Crippen LogP contribution in [0.4, 0.5) is 19.0 Å². The number of pyridine rings is 1. The summed E-state index contributed by atoms with van der Waals surface area (Å²) in [6.07, 6.45) is -3.22. The maximum Gasteiger partial charge on any atom is 0.416 e. The standard InChI is InChI=1S/C15H17F3N2O4/c1-2-3-9-4-8(15(16,17)18)5-12(19-9)20-10-7-24-11(6-21)14(23)13(10)22/h1,4-5,10-11,13-14,21-23H,3,6-7H2,(H,19,20)/t10-,11+,13+,14-/m0/s1. The maximum absolute atomic E-state index is 13.0. The van der Waals surface area contributed by atoms with Crippen LogP contribution in [0.15, 0.2) is 12.1 Å². The molecule has 0 amide bonds. The third-order valence-corrected chi connectivity index (χ3v) is 3.64. The molecule has 0 aromatic carbocycles. The van der Waals surface area contributed by atoms with E-state index in [1.807, 2.05) is 0 Å². The van der Waals surface area contributed by atoms with E-state index < -0.39 is 42.7 Å². The number of alkyl halides is 3. The molecule has 1 aliphatic rings. The van der Waals surface area contributed by atoms with E-state index in [2.05, 4.69) is 16.2 Å². The van der Waals surface area contributed by atoms with Crippen molar-refractivity contribution in [3.8, 4) is 12.3 Å². The van der Waals surface area contributed by atoms with Gasteiger partial charge in [0.1, 0.15) is 24.1 Å². The highest BCUT2D eigenvalue weighted by molar-refractivity contribution is 5.43. The number of aliphatic hydroxyl groups is 3. The zero-order valence-electron chi connectivity index (χ0n) is 12.5. The van der Waals surface area contributed by atoms with Crippen molar-refractivity contribution in [3.63, 3.8) is 0 Å². The first kappa shape index (κ1) is 18.5. The van der Waals surface area contributed by atoms with Gasteiger partial charge in [0.2, 0.25) is 0 Å². The first-order chi connectivity index (χ1) is 11.3. The number of nitrogens with zero attached hydrogens (tertiary/aromatic N) is 1. The Morgan fingerprint density at radius 2 is 2.04 bits per heavy atom. The third-order valence-electron chi connectivity index (χ3n) is 3.64. The lowest BCUT2D eigenvalue weighted by atomic mass is 9.98. The molecular formula is C15H17F3N2O4. The molecule has 0 radical (unpaired) electrons. The molecule has 0 bridgehead atoms. The van der Waals surface area contributed by atoms with Crippen LogP contribution in [-0.4, -0.2) is 57.9 Å². The van der Waals surface area contributed by atoms with E-state index in [-0.39, 0.29) is 24.5 Å². The number of terminal acetylenes is 1. The number of anilines is 1. The second-order valence-corrected chi connectivity index (χ2v) is 5.40. The summed E-state index contributed by atoms with van der Waals surface area (Å²) in [5.41, 5.74) is -0.875. The second-order valence-electron chi connectivity index (χ2n) is 5.40. The molecule has 1 saturated heterocycles. The molecular weight excluding hydrogens is 329 g/mol. The Morgan fingerprint density at radius 1 is 1.33 bits per heavy atom. The number of ether oxygens (including phenoxy) is 1. The Hall–Kier alpha value is -1.86. The second kappa shape index (κ2) is 7.36. The molecule has 1 aliphatic heterocycles. The van der Waals surface area contributed by atoms with Crippen molar-refractivity contribution in [2.24, 2.45) is 0 Å². The number of hydrogen-bond acceptors (Lipinski definition) is 6. The monoisotopic (exact) mass is 346 g/mol. The topological polar surface area (TPSA) is 94.8 Å². The minimum absolute atomic E-state index is 0.0508. The van der Waals surface area contributed by atoms with E-state index in [1.54, 1.807) is 0 Å². The van der Waals surface area contributed by atoms with Gasteiger partial charge in [0.25, 0.3) is 0 Å². The van der Waals surface area contributed by atoms with E-state index in [0.717, 1.165) is 12.1 Å². The van der Waals surface area contributed by atoms with Gasteiger partial charge < -0.3 is 25.4 Å². The van der Waals surface area contributed by atoms with Gasteiger partial charge in [-0.3, -0.25) is 0 Å². The minimum Gasteiger partial charge on any atom is -0.394 e. The molecule has 4 N–H and O–H groups in total. The number of hydrogen-bond donors (Lipinski definition) is 4. The molecule has 24 heavy (non-hydrogen) atoms. The highest BCUT2D eigenvalue weighted by Gasteiger charge is 2.38. The molecule has 9 heteroatoms. The van der Waals surface area contributed by atoms with E-state index in [9.17, 15) is 23.4 Å². The van der Waals surface area contributed by atoms with Gasteiger partial charge in [-0.05, 0) is 12.1 Å². The fourth-order valence-corrected chi connectivity index (χ4v) is 2.38. The summed E-state index contributed by atoms with van der Waals surface area (Å²) in [7, 11) is 0. The van der Waals surface area contributed by atoms with Gasteiger partial charge in [-0.15, -0.1) is 12.3 Å². The summed E-state index contributed by atoms with van der Waals surface area (Å²) in [6, 6.07) is 0.754. The quantitative estimate of drug-likeness (QED) is 0.581. The van der Waals surface area contributed by atoms with Crippen molar-refractivity contribution in [2.45, 2.75) is 37.0 Å². The molecule has 2 heterocycles. The SMILES string of the molecule is C#CCc1cc(C(F)(F)F)cc(N[C@H]2CO[C@H](CO)[C@H](O)[C@@H]2O)n1. The largest absolute Gasteiger partial charge is 0.416 e. The normalized spacial score (nSPS) is 27.5. The fourth-order valence-electron chi connectivity index (χ4n) is 2.38. The average molecular weight is 346 g/mol. The van der Waals surface area contributed by atoms with Crippen LogP contribution in [0.5, 0.6) is 0 Å². The molecule has 1 fully saturated rings. The third kappa shape index (κ3) is 4.15. The van der Waals surface area contributed by atoms with Crippen LogP contribution in [0.25, 0.3) is 0 Å². The van der Waals surface area contributed by atoms with Gasteiger partial charge in [-0.2, -0.15) is 13.2 Å². The maximum atomic E-state index is 13.0. The lowest BCUT2D eigenvalue weighted by Crippen LogP contribution is -2.56. The highest BCUT2D eigenvalue weighted by atomic mass is 19.4. The van der Waals surface area contributed by atoms with Crippen molar-refractivity contribution in [2.75, 3.05) is 18.5 Å². The zero-order chi connectivity index (χ0) is 17.9. The van der Waals surface area contributed by atoms with Crippen LogP contribution in [0.3, 0.4) is 0 Å². The van der Waals surface area contributed by atoms with Crippen LogP contribution in [0, 0.1) is 12.3 Å². The van der Waals surface area contributed by atoms with Crippen molar-refractivity contribution in [1.82, 2.24) is 4.98 Å². The highest BCUT2D eigenvalue weighted by Crippen LogP contribution is 2.31. The predicted molar refractivity (Wildman–Crippen MR) is 78.0 cm³/mol.